The number of aromatic nitrogens is 1. The SMILES string of the molecule is C#CC(C)(C)Oc1cc(C(=O)O)cc(CCC)n1. The summed E-state index contributed by atoms with van der Waals surface area (Å²) >= 11 is 0. The number of hydrogen-bond acceptors (Lipinski definition) is 3. The van der Waals surface area contributed by atoms with E-state index in [0.717, 1.165) is 6.42 Å². The number of hydrogen-bond donors (Lipinski definition) is 1. The van der Waals surface area contributed by atoms with Gasteiger partial charge in [0.25, 0.3) is 0 Å². The van der Waals surface area contributed by atoms with Crippen molar-refractivity contribution in [2.75, 3.05) is 0 Å². The van der Waals surface area contributed by atoms with Crippen molar-refractivity contribution in [2.45, 2.75) is 39.2 Å². The van der Waals surface area contributed by atoms with Crippen molar-refractivity contribution < 1.29 is 14.6 Å². The van der Waals surface area contributed by atoms with Gasteiger partial charge < -0.3 is 9.84 Å². The van der Waals surface area contributed by atoms with Crippen LogP contribution in [0.4, 0.5) is 0 Å². The van der Waals surface area contributed by atoms with Gasteiger partial charge in [-0.1, -0.05) is 19.3 Å². The quantitative estimate of drug-likeness (QED) is 0.812. The first-order valence-electron chi connectivity index (χ1n) is 5.79. The summed E-state index contributed by atoms with van der Waals surface area (Å²) in [6, 6.07) is 2.95. The Bertz CT molecular complexity index is 486. The first-order valence-corrected chi connectivity index (χ1v) is 5.79. The van der Waals surface area contributed by atoms with Crippen LogP contribution in [0, 0.1) is 12.3 Å². The van der Waals surface area contributed by atoms with Crippen LogP contribution in [-0.4, -0.2) is 21.7 Å². The minimum atomic E-state index is -1.00. The Morgan fingerprint density at radius 2 is 2.22 bits per heavy atom. The molecule has 1 aromatic heterocycles. The fourth-order valence-electron chi connectivity index (χ4n) is 1.41. The first-order chi connectivity index (χ1) is 8.38. The molecule has 18 heavy (non-hydrogen) atoms. The highest BCUT2D eigenvalue weighted by atomic mass is 16.5. The molecule has 0 amide bonds. The molecule has 0 aliphatic heterocycles. The molecule has 0 saturated carbocycles. The number of aromatic carboxylic acids is 1. The summed E-state index contributed by atoms with van der Waals surface area (Å²) in [6.45, 7) is 5.45. The van der Waals surface area contributed by atoms with Gasteiger partial charge in [-0.2, -0.15) is 0 Å². The third-order valence-corrected chi connectivity index (χ3v) is 2.32. The van der Waals surface area contributed by atoms with E-state index in [4.69, 9.17) is 16.3 Å². The Hall–Kier alpha value is -2.02. The normalized spacial score (nSPS) is 10.8. The fourth-order valence-corrected chi connectivity index (χ4v) is 1.41. The summed E-state index contributed by atoms with van der Waals surface area (Å²) in [5, 5.41) is 9.03. The van der Waals surface area contributed by atoms with E-state index >= 15 is 0 Å². The van der Waals surface area contributed by atoms with E-state index in [0.29, 0.717) is 12.1 Å². The maximum atomic E-state index is 11.0. The van der Waals surface area contributed by atoms with Crippen molar-refractivity contribution in [2.24, 2.45) is 0 Å². The number of carboxylic acid groups (broad SMARTS) is 1. The molecule has 1 N–H and O–H groups in total. The van der Waals surface area contributed by atoms with Gasteiger partial charge in [-0.15, -0.1) is 6.42 Å². The number of terminal acetylenes is 1. The largest absolute Gasteiger partial charge is 0.478 e. The van der Waals surface area contributed by atoms with Crippen LogP contribution in [0.2, 0.25) is 0 Å². The Morgan fingerprint density at radius 1 is 1.56 bits per heavy atom. The zero-order valence-electron chi connectivity index (χ0n) is 10.9. The number of aryl methyl sites for hydroxylation is 1. The van der Waals surface area contributed by atoms with Crippen molar-refractivity contribution in [3.8, 4) is 18.2 Å². The molecule has 0 fully saturated rings. The number of carbonyl (C=O) groups is 1. The molecule has 1 aromatic rings. The van der Waals surface area contributed by atoms with Crippen molar-refractivity contribution >= 4 is 5.97 Å². The molecular formula is C14H17NO3. The van der Waals surface area contributed by atoms with Crippen LogP contribution >= 0.6 is 0 Å². The van der Waals surface area contributed by atoms with Crippen molar-refractivity contribution in [1.82, 2.24) is 4.98 Å². The van der Waals surface area contributed by atoms with Crippen LogP contribution in [0.3, 0.4) is 0 Å². The second-order valence-electron chi connectivity index (χ2n) is 4.50. The van der Waals surface area contributed by atoms with Crippen LogP contribution in [0.25, 0.3) is 0 Å². The average Bonchev–Trinajstić information content (AvgIpc) is 2.28. The lowest BCUT2D eigenvalue weighted by Gasteiger charge is -2.20. The predicted octanol–water partition coefficient (Wildman–Crippen LogP) is 2.52. The Balaban J connectivity index is 3.11. The summed E-state index contributed by atoms with van der Waals surface area (Å²) in [5.74, 6) is 1.73. The van der Waals surface area contributed by atoms with Gasteiger partial charge in [-0.3, -0.25) is 0 Å². The molecular weight excluding hydrogens is 230 g/mol. The summed E-state index contributed by atoms with van der Waals surface area (Å²) in [4.78, 5) is 15.3. The second-order valence-corrected chi connectivity index (χ2v) is 4.50. The summed E-state index contributed by atoms with van der Waals surface area (Å²) in [7, 11) is 0. The standard InChI is InChI=1S/C14H17NO3/c1-5-7-11-8-10(13(16)17)9-12(15-11)18-14(3,4)6-2/h2,8-9H,5,7H2,1,3-4H3,(H,16,17). The van der Waals surface area contributed by atoms with Crippen molar-refractivity contribution in [1.29, 1.82) is 0 Å². The molecule has 0 radical (unpaired) electrons. The molecule has 4 nitrogen and oxygen atoms in total. The minimum absolute atomic E-state index is 0.163. The molecule has 4 heteroatoms. The zero-order chi connectivity index (χ0) is 13.8. The van der Waals surface area contributed by atoms with Gasteiger partial charge in [0, 0.05) is 11.8 Å². The van der Waals surface area contributed by atoms with Gasteiger partial charge in [0.1, 0.15) is 0 Å². The minimum Gasteiger partial charge on any atom is -0.478 e. The van der Waals surface area contributed by atoms with Gasteiger partial charge >= 0.3 is 5.97 Å². The number of ether oxygens (including phenoxy) is 1. The zero-order valence-corrected chi connectivity index (χ0v) is 10.9. The maximum Gasteiger partial charge on any atom is 0.335 e. The highest BCUT2D eigenvalue weighted by Crippen LogP contribution is 2.19. The van der Waals surface area contributed by atoms with E-state index in [1.54, 1.807) is 19.9 Å². The van der Waals surface area contributed by atoms with Crippen LogP contribution in [0.15, 0.2) is 12.1 Å². The van der Waals surface area contributed by atoms with Crippen molar-refractivity contribution in [3.05, 3.63) is 23.4 Å². The topological polar surface area (TPSA) is 59.4 Å². The second kappa shape index (κ2) is 5.54. The predicted molar refractivity (Wildman–Crippen MR) is 68.7 cm³/mol. The Labute approximate surface area is 107 Å². The fraction of sp³-hybridized carbons (Fsp3) is 0.429. The molecule has 0 bridgehead atoms. The lowest BCUT2D eigenvalue weighted by atomic mass is 10.1. The van der Waals surface area contributed by atoms with Gasteiger partial charge in [-0.25, -0.2) is 9.78 Å². The number of nitrogens with zero attached hydrogens (tertiary/aromatic N) is 1. The summed E-state index contributed by atoms with van der Waals surface area (Å²) < 4.78 is 5.52. The molecule has 1 heterocycles. The van der Waals surface area contributed by atoms with Gasteiger partial charge in [-0.05, 0) is 26.3 Å². The lowest BCUT2D eigenvalue weighted by Crippen LogP contribution is -2.26. The molecule has 1 rings (SSSR count). The first kappa shape index (κ1) is 14.0. The third kappa shape index (κ3) is 3.77. The monoisotopic (exact) mass is 247 g/mol. The number of pyridine rings is 1. The third-order valence-electron chi connectivity index (χ3n) is 2.32. The van der Waals surface area contributed by atoms with Crippen LogP contribution in [0.5, 0.6) is 5.88 Å². The van der Waals surface area contributed by atoms with E-state index in [9.17, 15) is 4.79 Å². The number of rotatable bonds is 5. The summed E-state index contributed by atoms with van der Waals surface area (Å²) in [6.07, 6.45) is 6.91. The maximum absolute atomic E-state index is 11.0. The molecule has 0 aliphatic rings. The smallest absolute Gasteiger partial charge is 0.335 e. The molecule has 0 atom stereocenters. The Morgan fingerprint density at radius 3 is 2.72 bits per heavy atom. The van der Waals surface area contributed by atoms with Gasteiger partial charge in [0.15, 0.2) is 5.60 Å². The van der Waals surface area contributed by atoms with E-state index in [1.165, 1.54) is 6.07 Å². The van der Waals surface area contributed by atoms with E-state index in [2.05, 4.69) is 10.9 Å². The van der Waals surface area contributed by atoms with E-state index in [1.807, 2.05) is 6.92 Å². The van der Waals surface area contributed by atoms with Gasteiger partial charge in [0.2, 0.25) is 5.88 Å². The average molecular weight is 247 g/mol. The van der Waals surface area contributed by atoms with Crippen molar-refractivity contribution in [3.63, 3.8) is 0 Å². The van der Waals surface area contributed by atoms with Crippen LogP contribution in [-0.2, 0) is 6.42 Å². The molecule has 0 aliphatic carbocycles. The summed E-state index contributed by atoms with van der Waals surface area (Å²) in [5.41, 5.74) is 0.0460. The van der Waals surface area contributed by atoms with Crippen LogP contribution in [0.1, 0.15) is 43.2 Å². The highest BCUT2D eigenvalue weighted by molar-refractivity contribution is 5.88. The molecule has 96 valence electrons. The lowest BCUT2D eigenvalue weighted by molar-refractivity contribution is 0.0695. The molecule has 0 spiro atoms. The number of carboxylic acids is 1. The molecule has 0 unspecified atom stereocenters. The molecule has 0 aromatic carbocycles. The van der Waals surface area contributed by atoms with E-state index < -0.39 is 11.6 Å². The highest BCUT2D eigenvalue weighted by Gasteiger charge is 2.18. The van der Waals surface area contributed by atoms with Gasteiger partial charge in [0.05, 0.1) is 5.56 Å². The Kier molecular flexibility index (Phi) is 4.33. The van der Waals surface area contributed by atoms with Crippen LogP contribution < -0.4 is 4.74 Å². The van der Waals surface area contributed by atoms with E-state index in [-0.39, 0.29) is 11.4 Å². The molecule has 0 saturated heterocycles.